The van der Waals surface area contributed by atoms with Crippen molar-refractivity contribution in [2.45, 2.75) is 74.9 Å². The molecular weight excluding hydrogens is 614 g/mol. The molecule has 2 heterocycles. The number of hydrogen-bond donors (Lipinski definition) is 1. The quantitative estimate of drug-likeness (QED) is 0.419. The van der Waals surface area contributed by atoms with E-state index in [1.165, 1.54) is 18.1 Å². The Kier molecular flexibility index (Phi) is 8.80. The summed E-state index contributed by atoms with van der Waals surface area (Å²) in [6.45, 7) is 6.49. The summed E-state index contributed by atoms with van der Waals surface area (Å²) in [6, 6.07) is 11.4. The molecule has 9 nitrogen and oxygen atoms in total. The number of halogens is 1. The van der Waals surface area contributed by atoms with Crippen LogP contribution in [0.4, 0.5) is 5.69 Å². The Labute approximate surface area is 270 Å². The van der Waals surface area contributed by atoms with E-state index in [9.17, 15) is 13.8 Å². The van der Waals surface area contributed by atoms with Crippen molar-refractivity contribution in [1.29, 1.82) is 0 Å². The minimum atomic E-state index is -3.70. The molecule has 1 fully saturated rings. The van der Waals surface area contributed by atoms with Gasteiger partial charge in [-0.2, -0.15) is 0 Å². The highest BCUT2D eigenvalue weighted by molar-refractivity contribution is 7.92. The van der Waals surface area contributed by atoms with Crippen LogP contribution in [0.3, 0.4) is 0 Å². The number of rotatable bonds is 2. The average Bonchev–Trinajstić information content (AvgIpc) is 3.12. The lowest BCUT2D eigenvalue weighted by atomic mass is 9.68. The van der Waals surface area contributed by atoms with Gasteiger partial charge in [0.2, 0.25) is 5.91 Å². The summed E-state index contributed by atoms with van der Waals surface area (Å²) in [5, 5.41) is 0.730. The van der Waals surface area contributed by atoms with Gasteiger partial charge in [0.25, 0.3) is 5.91 Å². The van der Waals surface area contributed by atoms with E-state index in [-0.39, 0.29) is 23.0 Å². The van der Waals surface area contributed by atoms with Gasteiger partial charge in [-0.3, -0.25) is 14.3 Å². The molecule has 1 saturated carbocycles. The molecule has 242 valence electrons. The lowest BCUT2D eigenvalue weighted by molar-refractivity contribution is -0.137. The Morgan fingerprint density at radius 2 is 2.02 bits per heavy atom. The fourth-order valence-electron chi connectivity index (χ4n) is 7.26. The van der Waals surface area contributed by atoms with Crippen LogP contribution >= 0.6 is 11.6 Å². The molecule has 11 heteroatoms. The lowest BCUT2D eigenvalue weighted by Gasteiger charge is -2.46. The highest BCUT2D eigenvalue weighted by Crippen LogP contribution is 2.47. The van der Waals surface area contributed by atoms with E-state index in [1.54, 1.807) is 39.2 Å². The van der Waals surface area contributed by atoms with Crippen LogP contribution in [0.25, 0.3) is 0 Å². The Bertz CT molecular complexity index is 1650. The largest absolute Gasteiger partial charge is 0.490 e. The number of nitrogens with one attached hydrogen (secondary N) is 1. The van der Waals surface area contributed by atoms with Crippen LogP contribution in [-0.4, -0.2) is 61.1 Å². The number of methoxy groups -OCH3 is 1. The number of hydrogen-bond acceptors (Lipinski definition) is 7. The van der Waals surface area contributed by atoms with Crippen LogP contribution in [-0.2, 0) is 40.8 Å². The zero-order chi connectivity index (χ0) is 32.0. The smallest absolute Gasteiger partial charge is 0.287 e. The third-order valence-electron chi connectivity index (χ3n) is 9.83. The fourth-order valence-corrected chi connectivity index (χ4v) is 9.09. The van der Waals surface area contributed by atoms with Gasteiger partial charge in [0.1, 0.15) is 11.4 Å². The Balaban J connectivity index is 1.51. The van der Waals surface area contributed by atoms with E-state index in [2.05, 4.69) is 26.1 Å². The molecule has 4 aliphatic rings. The number of aryl methyl sites for hydroxylation is 1. The second-order valence-electron chi connectivity index (χ2n) is 13.3. The number of fused-ring (bicyclic) bond motifs is 4. The van der Waals surface area contributed by atoms with Gasteiger partial charge >= 0.3 is 0 Å². The van der Waals surface area contributed by atoms with E-state index in [0.29, 0.717) is 30.7 Å². The minimum Gasteiger partial charge on any atom is -0.490 e. The lowest BCUT2D eigenvalue weighted by Crippen LogP contribution is -2.49. The van der Waals surface area contributed by atoms with Gasteiger partial charge in [-0.05, 0) is 99.2 Å². The second-order valence-corrected chi connectivity index (χ2v) is 15.6. The number of ether oxygens (including phenoxy) is 3. The maximum atomic E-state index is 14.5. The molecule has 2 amide bonds. The van der Waals surface area contributed by atoms with Gasteiger partial charge in [0.15, 0.2) is 9.92 Å². The standard InChI is InChI=1S/C34H42ClN3O6S/c1-22(39)36-45(41)26-11-14-31-29(18-26)38(20-34(21-43-31)15-5-7-23-17-25(35)10-13-28(23)34)19-24-9-12-27(24)30(42-4)8-6-16-44-33(2,3)32(40)37-45/h6,8,10-11,13-14,17-18,24,27,30H,5,7,9,12,15-16,19-21H2,1-4H3,(H,36,37,39,40,41)/t24-,27+,30-,34-,45?/m0/s1. The van der Waals surface area contributed by atoms with Crippen molar-refractivity contribution >= 4 is 39.0 Å². The first kappa shape index (κ1) is 32.0. The summed E-state index contributed by atoms with van der Waals surface area (Å²) in [5.41, 5.74) is 1.61. The van der Waals surface area contributed by atoms with E-state index in [0.717, 1.165) is 49.4 Å². The topological polar surface area (TPSA) is 107 Å². The molecule has 1 unspecified atom stereocenters. The number of nitrogens with zero attached hydrogens (tertiary/aromatic N) is 2. The van der Waals surface area contributed by atoms with E-state index < -0.39 is 27.3 Å². The zero-order valence-corrected chi connectivity index (χ0v) is 27.9. The number of carbonyl (C=O) groups excluding carboxylic acids is 2. The highest BCUT2D eigenvalue weighted by Gasteiger charge is 2.44. The van der Waals surface area contributed by atoms with Crippen LogP contribution < -0.4 is 14.4 Å². The van der Waals surface area contributed by atoms with Crippen molar-refractivity contribution in [3.8, 4) is 5.75 Å². The van der Waals surface area contributed by atoms with Crippen molar-refractivity contribution in [3.63, 3.8) is 0 Å². The first-order valence-corrected chi connectivity index (χ1v) is 17.6. The molecule has 6 rings (SSSR count). The summed E-state index contributed by atoms with van der Waals surface area (Å²) in [4.78, 5) is 28.3. The Hall–Kier alpha value is -2.92. The summed E-state index contributed by atoms with van der Waals surface area (Å²) >= 11 is 6.43. The van der Waals surface area contributed by atoms with Crippen molar-refractivity contribution in [1.82, 2.24) is 4.72 Å². The van der Waals surface area contributed by atoms with Crippen molar-refractivity contribution in [2.24, 2.45) is 16.2 Å². The van der Waals surface area contributed by atoms with Crippen LogP contribution in [0.2, 0.25) is 5.02 Å². The number of carbonyl (C=O) groups is 2. The van der Waals surface area contributed by atoms with Gasteiger partial charge in [-0.1, -0.05) is 29.8 Å². The van der Waals surface area contributed by atoms with Gasteiger partial charge < -0.3 is 19.1 Å². The van der Waals surface area contributed by atoms with E-state index in [1.807, 2.05) is 18.2 Å². The molecule has 0 radical (unpaired) electrons. The van der Waals surface area contributed by atoms with Gasteiger partial charge in [0, 0.05) is 37.6 Å². The van der Waals surface area contributed by atoms with Crippen LogP contribution in [0.5, 0.6) is 5.75 Å². The van der Waals surface area contributed by atoms with Gasteiger partial charge in [0.05, 0.1) is 29.9 Å². The van der Waals surface area contributed by atoms with Crippen LogP contribution in [0, 0.1) is 11.8 Å². The molecule has 1 spiro atoms. The van der Waals surface area contributed by atoms with Gasteiger partial charge in [-0.15, -0.1) is 4.36 Å². The maximum Gasteiger partial charge on any atom is 0.287 e. The third kappa shape index (κ3) is 6.26. The SMILES string of the molecule is CO[C@H]1C=CCOC(C)(C)C(=O)N=S(=O)(NC(C)=O)c2ccc3c(c2)N(C[C@@H]2CC[C@H]21)C[C@@]1(CCCc2cc(Cl)ccc21)CO3. The predicted octanol–water partition coefficient (Wildman–Crippen LogP) is 5.62. The van der Waals surface area contributed by atoms with Crippen molar-refractivity contribution in [2.75, 3.05) is 38.3 Å². The Morgan fingerprint density at radius 1 is 1.20 bits per heavy atom. The molecule has 2 aliphatic carbocycles. The summed E-state index contributed by atoms with van der Waals surface area (Å²) in [6.07, 6.45) is 8.83. The predicted molar refractivity (Wildman–Crippen MR) is 174 cm³/mol. The van der Waals surface area contributed by atoms with Crippen LogP contribution in [0.15, 0.2) is 57.8 Å². The molecule has 2 aliphatic heterocycles. The molecular formula is C34H42ClN3O6S. The number of amides is 2. The first-order chi connectivity index (χ1) is 21.4. The first-order valence-electron chi connectivity index (χ1n) is 15.7. The van der Waals surface area contributed by atoms with E-state index >= 15 is 0 Å². The van der Waals surface area contributed by atoms with Gasteiger partial charge in [-0.25, -0.2) is 4.21 Å². The Morgan fingerprint density at radius 3 is 2.76 bits per heavy atom. The van der Waals surface area contributed by atoms with Crippen molar-refractivity contribution < 1.29 is 28.0 Å². The normalized spacial score (nSPS) is 31.0. The monoisotopic (exact) mass is 655 g/mol. The average molecular weight is 656 g/mol. The number of benzene rings is 2. The molecule has 5 atom stereocenters. The fraction of sp³-hybridized carbons (Fsp3) is 0.529. The molecule has 45 heavy (non-hydrogen) atoms. The molecule has 2 bridgehead atoms. The maximum absolute atomic E-state index is 14.5. The molecule has 2 aromatic carbocycles. The summed E-state index contributed by atoms with van der Waals surface area (Å²) in [7, 11) is -1.97. The van der Waals surface area contributed by atoms with E-state index in [4.69, 9.17) is 25.8 Å². The minimum absolute atomic E-state index is 0.0946. The molecule has 2 aromatic rings. The molecule has 0 saturated heterocycles. The van der Waals surface area contributed by atoms with Crippen molar-refractivity contribution in [3.05, 3.63) is 64.7 Å². The summed E-state index contributed by atoms with van der Waals surface area (Å²) < 4.78 is 39.5. The third-order valence-corrected chi connectivity index (χ3v) is 11.9. The summed E-state index contributed by atoms with van der Waals surface area (Å²) in [5.74, 6) is 0.0161. The second kappa shape index (κ2) is 12.4. The van der Waals surface area contributed by atoms with Crippen LogP contribution in [0.1, 0.15) is 57.6 Å². The zero-order valence-electron chi connectivity index (χ0n) is 26.3. The number of anilines is 1. The highest BCUT2D eigenvalue weighted by atomic mass is 35.5. The molecule has 1 N–H and O–H groups in total. The molecule has 0 aromatic heterocycles.